The van der Waals surface area contributed by atoms with E-state index >= 15 is 0 Å². The molecule has 7 nitrogen and oxygen atoms in total. The van der Waals surface area contributed by atoms with Crippen molar-refractivity contribution in [3.63, 3.8) is 0 Å². The fourth-order valence-electron chi connectivity index (χ4n) is 4.44. The zero-order valence-corrected chi connectivity index (χ0v) is 25.5. The van der Waals surface area contributed by atoms with Gasteiger partial charge in [-0.25, -0.2) is 8.42 Å². The van der Waals surface area contributed by atoms with E-state index in [0.29, 0.717) is 39.8 Å². The van der Waals surface area contributed by atoms with Crippen LogP contribution in [0.4, 0.5) is 5.69 Å². The fraction of sp³-hybridized carbons (Fsp3) is 0.333. The highest BCUT2D eigenvalue weighted by Crippen LogP contribution is 2.29. The first-order chi connectivity index (χ1) is 19.0. The second-order valence-corrected chi connectivity index (χ2v) is 12.3. The van der Waals surface area contributed by atoms with Crippen LogP contribution in [0, 0.1) is 13.8 Å². The summed E-state index contributed by atoms with van der Waals surface area (Å²) < 4.78 is 29.0. The zero-order chi connectivity index (χ0) is 29.4. The van der Waals surface area contributed by atoms with Gasteiger partial charge < -0.3 is 10.2 Å². The maximum atomic E-state index is 14.1. The molecule has 3 aromatic carbocycles. The van der Waals surface area contributed by atoms with Crippen LogP contribution >= 0.6 is 23.2 Å². The Balaban J connectivity index is 2.09. The molecule has 214 valence electrons. The van der Waals surface area contributed by atoms with Gasteiger partial charge in [-0.3, -0.25) is 13.9 Å². The van der Waals surface area contributed by atoms with E-state index in [-0.39, 0.29) is 17.3 Å². The van der Waals surface area contributed by atoms with Crippen molar-refractivity contribution in [3.8, 4) is 0 Å². The number of nitrogens with zero attached hydrogens (tertiary/aromatic N) is 2. The van der Waals surface area contributed by atoms with Crippen molar-refractivity contribution in [2.45, 2.75) is 58.0 Å². The number of anilines is 1. The Morgan fingerprint density at radius 3 is 2.25 bits per heavy atom. The third kappa shape index (κ3) is 7.56. The molecule has 2 amide bonds. The minimum atomic E-state index is -4.13. The van der Waals surface area contributed by atoms with E-state index in [4.69, 9.17) is 23.2 Å². The van der Waals surface area contributed by atoms with Gasteiger partial charge in [0.05, 0.1) is 10.6 Å². The van der Waals surface area contributed by atoms with Crippen LogP contribution in [0.15, 0.2) is 71.6 Å². The molecule has 3 aromatic rings. The molecule has 0 saturated heterocycles. The maximum absolute atomic E-state index is 14.1. The molecule has 1 atom stereocenters. The van der Waals surface area contributed by atoms with Gasteiger partial charge in [0, 0.05) is 23.1 Å². The standard InChI is InChI=1S/C30H35Cl2N3O4S/c1-5-16-33-30(37)27(6-2)34(19-23-13-14-24(31)18-26(23)32)29(36)20-35(28-15-12-21(3)17-22(28)4)40(38,39)25-10-8-7-9-11-25/h7-15,17-18,27H,5-6,16,19-20H2,1-4H3,(H,33,37)/t27-/m0/s1. The number of benzene rings is 3. The molecule has 0 radical (unpaired) electrons. The van der Waals surface area contributed by atoms with Crippen molar-refractivity contribution in [2.24, 2.45) is 0 Å². The summed E-state index contributed by atoms with van der Waals surface area (Å²) >= 11 is 12.5. The molecule has 0 saturated carbocycles. The zero-order valence-electron chi connectivity index (χ0n) is 23.2. The van der Waals surface area contributed by atoms with E-state index in [1.54, 1.807) is 55.5 Å². The molecule has 0 aliphatic carbocycles. The molecule has 10 heteroatoms. The SMILES string of the molecule is CCCNC(=O)[C@H](CC)N(Cc1ccc(Cl)cc1Cl)C(=O)CN(c1ccc(C)cc1C)S(=O)(=O)c1ccccc1. The van der Waals surface area contributed by atoms with Crippen LogP contribution in [0.1, 0.15) is 43.4 Å². The van der Waals surface area contributed by atoms with Crippen LogP contribution < -0.4 is 9.62 Å². The Morgan fingerprint density at radius 1 is 0.950 bits per heavy atom. The highest BCUT2D eigenvalue weighted by molar-refractivity contribution is 7.92. The molecule has 0 aromatic heterocycles. The number of hydrogen-bond donors (Lipinski definition) is 1. The number of amides is 2. The molecule has 1 N–H and O–H groups in total. The number of hydrogen-bond acceptors (Lipinski definition) is 4. The lowest BCUT2D eigenvalue weighted by atomic mass is 10.1. The van der Waals surface area contributed by atoms with Gasteiger partial charge in [0.1, 0.15) is 12.6 Å². The second kappa shape index (κ2) is 14.0. The number of halogens is 2. The summed E-state index contributed by atoms with van der Waals surface area (Å²) in [5.41, 5.74) is 2.63. The smallest absolute Gasteiger partial charge is 0.264 e. The quantitative estimate of drug-likeness (QED) is 0.269. The van der Waals surface area contributed by atoms with Crippen molar-refractivity contribution >= 4 is 50.7 Å². The van der Waals surface area contributed by atoms with Gasteiger partial charge in [-0.1, -0.05) is 79.0 Å². The van der Waals surface area contributed by atoms with Crippen LogP contribution in [0.2, 0.25) is 10.0 Å². The Labute approximate surface area is 247 Å². The fourth-order valence-corrected chi connectivity index (χ4v) is 6.41. The summed E-state index contributed by atoms with van der Waals surface area (Å²) in [5, 5.41) is 3.65. The lowest BCUT2D eigenvalue weighted by Crippen LogP contribution is -2.52. The lowest BCUT2D eigenvalue weighted by Gasteiger charge is -2.33. The average molecular weight is 605 g/mol. The van der Waals surface area contributed by atoms with Gasteiger partial charge in [0.2, 0.25) is 11.8 Å². The predicted molar refractivity (Wildman–Crippen MR) is 161 cm³/mol. The number of nitrogens with one attached hydrogen (secondary N) is 1. The molecule has 0 aliphatic rings. The molecule has 0 spiro atoms. The molecular formula is C30H35Cl2N3O4S. The minimum absolute atomic E-state index is 0.00100. The molecular weight excluding hydrogens is 569 g/mol. The lowest BCUT2D eigenvalue weighted by molar-refractivity contribution is -0.140. The number of aryl methyl sites for hydroxylation is 2. The van der Waals surface area contributed by atoms with Gasteiger partial charge in [0.15, 0.2) is 0 Å². The van der Waals surface area contributed by atoms with Crippen LogP contribution in [-0.4, -0.2) is 44.3 Å². The molecule has 40 heavy (non-hydrogen) atoms. The van der Waals surface area contributed by atoms with Gasteiger partial charge in [-0.2, -0.15) is 0 Å². The van der Waals surface area contributed by atoms with E-state index < -0.39 is 28.5 Å². The molecule has 0 heterocycles. The van der Waals surface area contributed by atoms with Crippen molar-refractivity contribution in [1.29, 1.82) is 0 Å². The van der Waals surface area contributed by atoms with Crippen molar-refractivity contribution < 1.29 is 18.0 Å². The largest absolute Gasteiger partial charge is 0.354 e. The van der Waals surface area contributed by atoms with Gasteiger partial charge in [0.25, 0.3) is 10.0 Å². The third-order valence-electron chi connectivity index (χ3n) is 6.52. The summed E-state index contributed by atoms with van der Waals surface area (Å²) in [7, 11) is -4.13. The van der Waals surface area contributed by atoms with E-state index in [1.807, 2.05) is 26.8 Å². The monoisotopic (exact) mass is 603 g/mol. The summed E-state index contributed by atoms with van der Waals surface area (Å²) in [4.78, 5) is 28.8. The first-order valence-electron chi connectivity index (χ1n) is 13.2. The van der Waals surface area contributed by atoms with E-state index in [9.17, 15) is 18.0 Å². The van der Waals surface area contributed by atoms with Crippen LogP contribution in [0.25, 0.3) is 0 Å². The topological polar surface area (TPSA) is 86.8 Å². The first-order valence-corrected chi connectivity index (χ1v) is 15.3. The highest BCUT2D eigenvalue weighted by atomic mass is 35.5. The Kier molecular flexibility index (Phi) is 11.0. The van der Waals surface area contributed by atoms with E-state index in [1.165, 1.54) is 17.0 Å². The van der Waals surface area contributed by atoms with Crippen LogP contribution in [0.5, 0.6) is 0 Å². The van der Waals surface area contributed by atoms with Crippen molar-refractivity contribution in [2.75, 3.05) is 17.4 Å². The Hall–Kier alpha value is -3.07. The minimum Gasteiger partial charge on any atom is -0.354 e. The van der Waals surface area contributed by atoms with E-state index in [0.717, 1.165) is 16.3 Å². The average Bonchev–Trinajstić information content (AvgIpc) is 2.92. The predicted octanol–water partition coefficient (Wildman–Crippen LogP) is 6.14. The third-order valence-corrected chi connectivity index (χ3v) is 8.88. The Bertz CT molecular complexity index is 1450. The molecule has 0 bridgehead atoms. The molecule has 0 unspecified atom stereocenters. The van der Waals surface area contributed by atoms with Gasteiger partial charge >= 0.3 is 0 Å². The van der Waals surface area contributed by atoms with Crippen LogP contribution in [-0.2, 0) is 26.2 Å². The molecule has 0 fully saturated rings. The first kappa shape index (κ1) is 31.5. The van der Waals surface area contributed by atoms with Crippen LogP contribution in [0.3, 0.4) is 0 Å². The summed E-state index contributed by atoms with van der Waals surface area (Å²) in [6.07, 6.45) is 1.05. The summed E-state index contributed by atoms with van der Waals surface area (Å²) in [5.74, 6) is -0.851. The van der Waals surface area contributed by atoms with Gasteiger partial charge in [-0.05, 0) is 68.1 Å². The maximum Gasteiger partial charge on any atom is 0.264 e. The number of sulfonamides is 1. The highest BCUT2D eigenvalue weighted by Gasteiger charge is 2.34. The molecule has 0 aliphatic heterocycles. The normalized spacial score (nSPS) is 12.1. The summed E-state index contributed by atoms with van der Waals surface area (Å²) in [6.45, 7) is 7.41. The molecule has 3 rings (SSSR count). The van der Waals surface area contributed by atoms with E-state index in [2.05, 4.69) is 5.32 Å². The second-order valence-electron chi connectivity index (χ2n) is 9.59. The number of carbonyl (C=O) groups is 2. The van der Waals surface area contributed by atoms with Crippen molar-refractivity contribution in [1.82, 2.24) is 10.2 Å². The van der Waals surface area contributed by atoms with Crippen molar-refractivity contribution in [3.05, 3.63) is 93.5 Å². The Morgan fingerprint density at radius 2 is 1.65 bits per heavy atom. The number of carbonyl (C=O) groups excluding carboxylic acids is 2. The number of rotatable bonds is 12. The van der Waals surface area contributed by atoms with Gasteiger partial charge in [-0.15, -0.1) is 0 Å². The summed E-state index contributed by atoms with van der Waals surface area (Å²) in [6, 6.07) is 17.4.